The van der Waals surface area contributed by atoms with Crippen LogP contribution in [0.25, 0.3) is 0 Å². The van der Waals surface area contributed by atoms with Crippen molar-refractivity contribution in [2.75, 3.05) is 12.8 Å². The van der Waals surface area contributed by atoms with E-state index in [1.165, 1.54) is 11.8 Å². The van der Waals surface area contributed by atoms with Gasteiger partial charge in [-0.05, 0) is 36.4 Å². The van der Waals surface area contributed by atoms with Gasteiger partial charge in [-0.25, -0.2) is 4.98 Å². The molecule has 0 saturated carbocycles. The van der Waals surface area contributed by atoms with Crippen LogP contribution in [0.5, 0.6) is 5.75 Å². The van der Waals surface area contributed by atoms with E-state index < -0.39 is 0 Å². The molecule has 0 radical (unpaired) electrons. The van der Waals surface area contributed by atoms with E-state index in [2.05, 4.69) is 4.98 Å². The van der Waals surface area contributed by atoms with Gasteiger partial charge in [0.25, 0.3) is 0 Å². The van der Waals surface area contributed by atoms with Gasteiger partial charge in [-0.2, -0.15) is 5.26 Å². The monoisotopic (exact) mass is 257 g/mol. The van der Waals surface area contributed by atoms with Crippen molar-refractivity contribution >= 4 is 17.4 Å². The zero-order valence-electron chi connectivity index (χ0n) is 9.75. The number of methoxy groups -OCH3 is 1. The van der Waals surface area contributed by atoms with Gasteiger partial charge in [-0.1, -0.05) is 11.8 Å². The summed E-state index contributed by atoms with van der Waals surface area (Å²) in [6.45, 7) is 0. The summed E-state index contributed by atoms with van der Waals surface area (Å²) in [7, 11) is 1.63. The van der Waals surface area contributed by atoms with Crippen LogP contribution in [0.4, 0.5) is 5.69 Å². The van der Waals surface area contributed by atoms with Gasteiger partial charge in [-0.15, -0.1) is 0 Å². The van der Waals surface area contributed by atoms with Crippen LogP contribution in [0.2, 0.25) is 0 Å². The molecule has 0 fully saturated rings. The minimum atomic E-state index is 0.258. The first-order valence-electron chi connectivity index (χ1n) is 5.21. The molecule has 0 aliphatic heterocycles. The molecule has 0 bridgehead atoms. The maximum absolute atomic E-state index is 8.86. The van der Waals surface area contributed by atoms with Crippen molar-refractivity contribution in [3.8, 4) is 11.8 Å². The van der Waals surface area contributed by atoms with Gasteiger partial charge in [0.15, 0.2) is 5.69 Å². The number of aromatic nitrogens is 1. The fourth-order valence-electron chi connectivity index (χ4n) is 1.36. The molecule has 4 nitrogen and oxygen atoms in total. The molecule has 1 aromatic carbocycles. The van der Waals surface area contributed by atoms with Crippen molar-refractivity contribution in [3.63, 3.8) is 0 Å². The van der Waals surface area contributed by atoms with Crippen LogP contribution in [-0.4, -0.2) is 12.1 Å². The summed E-state index contributed by atoms with van der Waals surface area (Å²) in [6.07, 6.45) is 0. The van der Waals surface area contributed by atoms with Crippen molar-refractivity contribution in [1.82, 2.24) is 4.98 Å². The Hall–Kier alpha value is -2.19. The first-order chi connectivity index (χ1) is 8.72. The summed E-state index contributed by atoms with van der Waals surface area (Å²) in [5.41, 5.74) is 6.28. The van der Waals surface area contributed by atoms with Crippen LogP contribution in [0.3, 0.4) is 0 Å². The Labute approximate surface area is 109 Å². The van der Waals surface area contributed by atoms with Gasteiger partial charge >= 0.3 is 0 Å². The lowest BCUT2D eigenvalue weighted by Crippen LogP contribution is -1.94. The van der Waals surface area contributed by atoms with Crippen LogP contribution in [0.1, 0.15) is 5.69 Å². The van der Waals surface area contributed by atoms with Crippen molar-refractivity contribution in [3.05, 3.63) is 42.1 Å². The molecule has 0 spiro atoms. The van der Waals surface area contributed by atoms with E-state index in [1.54, 1.807) is 19.2 Å². The SMILES string of the molecule is COc1ccc(Sc2ccc(N)c(C#N)n2)cc1. The molecule has 90 valence electrons. The number of rotatable bonds is 3. The third kappa shape index (κ3) is 2.73. The minimum Gasteiger partial charge on any atom is -0.497 e. The quantitative estimate of drug-likeness (QED) is 0.915. The highest BCUT2D eigenvalue weighted by Crippen LogP contribution is 2.28. The molecule has 1 heterocycles. The second-order valence-electron chi connectivity index (χ2n) is 3.48. The smallest absolute Gasteiger partial charge is 0.164 e. The van der Waals surface area contributed by atoms with Crippen molar-refractivity contribution in [2.45, 2.75) is 9.92 Å². The largest absolute Gasteiger partial charge is 0.497 e. The lowest BCUT2D eigenvalue weighted by Gasteiger charge is -2.04. The van der Waals surface area contributed by atoms with E-state index in [1.807, 2.05) is 30.3 Å². The average molecular weight is 257 g/mol. The Morgan fingerprint density at radius 2 is 1.94 bits per heavy atom. The maximum Gasteiger partial charge on any atom is 0.164 e. The molecule has 18 heavy (non-hydrogen) atoms. The third-order valence-electron chi connectivity index (χ3n) is 2.29. The number of nitriles is 1. The fourth-order valence-corrected chi connectivity index (χ4v) is 2.15. The summed E-state index contributed by atoms with van der Waals surface area (Å²) in [4.78, 5) is 5.20. The van der Waals surface area contributed by atoms with Crippen molar-refractivity contribution in [2.24, 2.45) is 0 Å². The van der Waals surface area contributed by atoms with E-state index >= 15 is 0 Å². The van der Waals surface area contributed by atoms with E-state index in [0.29, 0.717) is 5.69 Å². The highest BCUT2D eigenvalue weighted by atomic mass is 32.2. The summed E-state index contributed by atoms with van der Waals surface area (Å²) in [6, 6.07) is 13.1. The molecule has 0 atom stereocenters. The van der Waals surface area contributed by atoms with Crippen molar-refractivity contribution in [1.29, 1.82) is 5.26 Å². The second-order valence-corrected chi connectivity index (χ2v) is 4.57. The summed E-state index contributed by atoms with van der Waals surface area (Å²) < 4.78 is 5.09. The number of anilines is 1. The summed E-state index contributed by atoms with van der Waals surface area (Å²) >= 11 is 1.47. The highest BCUT2D eigenvalue weighted by Gasteiger charge is 2.04. The van der Waals surface area contributed by atoms with Crippen LogP contribution < -0.4 is 10.5 Å². The Kier molecular flexibility index (Phi) is 3.70. The molecule has 1 aromatic heterocycles. The Bertz CT molecular complexity index is 590. The summed E-state index contributed by atoms with van der Waals surface area (Å²) in [5, 5.41) is 9.60. The van der Waals surface area contributed by atoms with E-state index in [0.717, 1.165) is 15.7 Å². The number of hydrogen-bond acceptors (Lipinski definition) is 5. The van der Waals surface area contributed by atoms with Crippen LogP contribution >= 0.6 is 11.8 Å². The zero-order chi connectivity index (χ0) is 13.0. The zero-order valence-corrected chi connectivity index (χ0v) is 10.6. The van der Waals surface area contributed by atoms with Gasteiger partial charge < -0.3 is 10.5 Å². The predicted octanol–water partition coefficient (Wildman–Crippen LogP) is 2.70. The number of nitrogen functional groups attached to an aromatic ring is 1. The number of ether oxygens (including phenoxy) is 1. The molecule has 0 saturated heterocycles. The maximum atomic E-state index is 8.86. The topological polar surface area (TPSA) is 71.9 Å². The number of pyridine rings is 1. The number of benzene rings is 1. The number of nitrogens with two attached hydrogens (primary N) is 1. The molecule has 2 rings (SSSR count). The molecule has 0 amide bonds. The molecule has 5 heteroatoms. The number of hydrogen-bond donors (Lipinski definition) is 1. The normalized spacial score (nSPS) is 9.78. The van der Waals surface area contributed by atoms with Gasteiger partial charge in [-0.3, -0.25) is 0 Å². The fraction of sp³-hybridized carbons (Fsp3) is 0.0769. The molecule has 0 aliphatic rings. The van der Waals surface area contributed by atoms with Gasteiger partial charge in [0.05, 0.1) is 12.8 Å². The minimum absolute atomic E-state index is 0.258. The lowest BCUT2D eigenvalue weighted by molar-refractivity contribution is 0.414. The average Bonchev–Trinajstić information content (AvgIpc) is 2.42. The molecule has 0 unspecified atom stereocenters. The van der Waals surface area contributed by atoms with Crippen molar-refractivity contribution < 1.29 is 4.74 Å². The summed E-state index contributed by atoms with van der Waals surface area (Å²) in [5.74, 6) is 0.808. The first-order valence-corrected chi connectivity index (χ1v) is 6.03. The Morgan fingerprint density at radius 3 is 2.56 bits per heavy atom. The standard InChI is InChI=1S/C13H11N3OS/c1-17-9-2-4-10(5-3-9)18-13-7-6-11(15)12(8-14)16-13/h2-7H,15H2,1H3. The molecule has 2 aromatic rings. The van der Waals surface area contributed by atoms with Crippen LogP contribution in [-0.2, 0) is 0 Å². The lowest BCUT2D eigenvalue weighted by atomic mass is 10.3. The van der Waals surface area contributed by atoms with Crippen LogP contribution in [0.15, 0.2) is 46.3 Å². The van der Waals surface area contributed by atoms with E-state index in [-0.39, 0.29) is 5.69 Å². The van der Waals surface area contributed by atoms with Gasteiger partial charge in [0.2, 0.25) is 0 Å². The Morgan fingerprint density at radius 1 is 1.22 bits per heavy atom. The Balaban J connectivity index is 2.20. The van der Waals surface area contributed by atoms with Gasteiger partial charge in [0, 0.05) is 4.90 Å². The molecular formula is C13H11N3OS. The van der Waals surface area contributed by atoms with Gasteiger partial charge in [0.1, 0.15) is 16.8 Å². The third-order valence-corrected chi connectivity index (χ3v) is 3.23. The van der Waals surface area contributed by atoms with E-state index in [4.69, 9.17) is 15.7 Å². The second kappa shape index (κ2) is 5.43. The van der Waals surface area contributed by atoms with E-state index in [9.17, 15) is 0 Å². The molecule has 2 N–H and O–H groups in total. The predicted molar refractivity (Wildman–Crippen MR) is 70.5 cm³/mol. The molecule has 0 aliphatic carbocycles. The number of nitrogens with zero attached hydrogens (tertiary/aromatic N) is 2. The molecular weight excluding hydrogens is 246 g/mol. The highest BCUT2D eigenvalue weighted by molar-refractivity contribution is 7.99. The van der Waals surface area contributed by atoms with Crippen LogP contribution in [0, 0.1) is 11.3 Å². The first kappa shape index (κ1) is 12.3.